The number of hydrogen-bond donors (Lipinski definition) is 1. The molecule has 134 valence electrons. The molecule has 0 saturated carbocycles. The molecule has 0 bridgehead atoms. The molecule has 6 nitrogen and oxygen atoms in total. The van der Waals surface area contributed by atoms with E-state index < -0.39 is 0 Å². The zero-order valence-electron chi connectivity index (χ0n) is 15.0. The molecule has 0 amide bonds. The Balaban J connectivity index is 1.40. The van der Waals surface area contributed by atoms with E-state index in [4.69, 9.17) is 14.0 Å². The van der Waals surface area contributed by atoms with E-state index >= 15 is 0 Å². The topological polar surface area (TPSA) is 61.8 Å². The molecular weight excluding hydrogens is 330 g/mol. The standard InChI is InChI=1S/C20H21N3O3/c1-3-14-4-7-16(8-5-14)20-21-19(26-22-20)12-23(2)11-15-6-9-17-18(10-15)25-13-24-17/h4-10H,3,11-13H2,1-2H3/p+1. The van der Waals surface area contributed by atoms with Gasteiger partial charge in [0.05, 0.1) is 7.05 Å². The van der Waals surface area contributed by atoms with Crippen molar-refractivity contribution in [1.29, 1.82) is 0 Å². The summed E-state index contributed by atoms with van der Waals surface area (Å²) < 4.78 is 16.2. The van der Waals surface area contributed by atoms with Crippen LogP contribution in [0.2, 0.25) is 0 Å². The van der Waals surface area contributed by atoms with Crippen LogP contribution >= 0.6 is 0 Å². The normalized spacial score (nSPS) is 13.8. The Morgan fingerprint density at radius 3 is 2.54 bits per heavy atom. The van der Waals surface area contributed by atoms with Crippen molar-refractivity contribution in [2.24, 2.45) is 0 Å². The molecule has 3 aromatic rings. The number of ether oxygens (including phenoxy) is 2. The fourth-order valence-electron chi connectivity index (χ4n) is 3.05. The number of nitrogens with one attached hydrogen (secondary N) is 1. The molecular formula is C20H22N3O3+. The van der Waals surface area contributed by atoms with E-state index in [0.29, 0.717) is 25.1 Å². The quantitative estimate of drug-likeness (QED) is 0.737. The minimum Gasteiger partial charge on any atom is -0.454 e. The van der Waals surface area contributed by atoms with Crippen molar-refractivity contribution in [2.45, 2.75) is 26.4 Å². The molecule has 0 radical (unpaired) electrons. The lowest BCUT2D eigenvalue weighted by atomic mass is 10.1. The first-order chi connectivity index (χ1) is 12.7. The maximum Gasteiger partial charge on any atom is 0.282 e. The Morgan fingerprint density at radius 1 is 0.962 bits per heavy atom. The lowest BCUT2D eigenvalue weighted by Crippen LogP contribution is -3.06. The zero-order chi connectivity index (χ0) is 17.9. The summed E-state index contributed by atoms with van der Waals surface area (Å²) in [6.45, 7) is 3.93. The van der Waals surface area contributed by atoms with E-state index in [1.54, 1.807) is 0 Å². The van der Waals surface area contributed by atoms with Crippen molar-refractivity contribution in [1.82, 2.24) is 10.1 Å². The van der Waals surface area contributed by atoms with Gasteiger partial charge in [0.15, 0.2) is 18.0 Å². The van der Waals surface area contributed by atoms with Crippen LogP contribution in [0.15, 0.2) is 47.0 Å². The van der Waals surface area contributed by atoms with Crippen LogP contribution in [0.1, 0.15) is 23.9 Å². The number of benzene rings is 2. The van der Waals surface area contributed by atoms with E-state index in [-0.39, 0.29) is 0 Å². The van der Waals surface area contributed by atoms with Gasteiger partial charge in [0, 0.05) is 11.1 Å². The van der Waals surface area contributed by atoms with E-state index in [1.807, 2.05) is 24.3 Å². The SMILES string of the molecule is CCc1ccc(-c2noc(C[NH+](C)Cc3ccc4c(c3)OCO4)n2)cc1. The molecule has 1 aromatic heterocycles. The third-order valence-electron chi connectivity index (χ3n) is 4.48. The van der Waals surface area contributed by atoms with Crippen LogP contribution < -0.4 is 14.4 Å². The highest BCUT2D eigenvalue weighted by Gasteiger charge is 2.17. The molecule has 4 rings (SSSR count). The van der Waals surface area contributed by atoms with Crippen LogP contribution in [-0.4, -0.2) is 24.0 Å². The predicted molar refractivity (Wildman–Crippen MR) is 96.0 cm³/mol. The van der Waals surface area contributed by atoms with Gasteiger partial charge in [-0.25, -0.2) is 0 Å². The summed E-state index contributed by atoms with van der Waals surface area (Å²) in [4.78, 5) is 5.78. The monoisotopic (exact) mass is 352 g/mol. The first-order valence-electron chi connectivity index (χ1n) is 8.83. The van der Waals surface area contributed by atoms with Crippen LogP contribution in [0, 0.1) is 0 Å². The summed E-state index contributed by atoms with van der Waals surface area (Å²) in [6, 6.07) is 14.3. The molecule has 0 spiro atoms. The molecule has 2 aromatic carbocycles. The van der Waals surface area contributed by atoms with Crippen LogP contribution in [0.5, 0.6) is 11.5 Å². The van der Waals surface area contributed by atoms with E-state index in [0.717, 1.165) is 30.0 Å². The van der Waals surface area contributed by atoms with Crippen LogP contribution in [0.3, 0.4) is 0 Å². The molecule has 0 aliphatic carbocycles. The number of quaternary nitrogens is 1. The third-order valence-corrected chi connectivity index (χ3v) is 4.48. The maximum absolute atomic E-state index is 5.44. The largest absolute Gasteiger partial charge is 0.454 e. The van der Waals surface area contributed by atoms with E-state index in [1.165, 1.54) is 16.0 Å². The molecule has 1 unspecified atom stereocenters. The van der Waals surface area contributed by atoms with Gasteiger partial charge >= 0.3 is 0 Å². The smallest absolute Gasteiger partial charge is 0.282 e. The van der Waals surface area contributed by atoms with Crippen molar-refractivity contribution in [3.63, 3.8) is 0 Å². The van der Waals surface area contributed by atoms with Crippen molar-refractivity contribution in [2.75, 3.05) is 13.8 Å². The number of rotatable bonds is 6. The fourth-order valence-corrected chi connectivity index (χ4v) is 3.05. The molecule has 1 N–H and O–H groups in total. The molecule has 1 aliphatic heterocycles. The highest BCUT2D eigenvalue weighted by Crippen LogP contribution is 2.32. The Bertz CT molecular complexity index is 890. The Hall–Kier alpha value is -2.86. The summed E-state index contributed by atoms with van der Waals surface area (Å²) in [5, 5.41) is 4.11. The Morgan fingerprint density at radius 2 is 1.73 bits per heavy atom. The third kappa shape index (κ3) is 3.55. The van der Waals surface area contributed by atoms with Gasteiger partial charge in [-0.15, -0.1) is 0 Å². The maximum atomic E-state index is 5.44. The van der Waals surface area contributed by atoms with Crippen molar-refractivity contribution in [3.05, 3.63) is 59.5 Å². The second kappa shape index (κ2) is 7.17. The fraction of sp³-hybridized carbons (Fsp3) is 0.300. The number of fused-ring (bicyclic) bond motifs is 1. The van der Waals surface area contributed by atoms with Gasteiger partial charge in [-0.1, -0.05) is 36.3 Å². The van der Waals surface area contributed by atoms with Crippen LogP contribution in [0.25, 0.3) is 11.4 Å². The molecule has 6 heteroatoms. The van der Waals surface area contributed by atoms with Gasteiger partial charge < -0.3 is 18.9 Å². The van der Waals surface area contributed by atoms with E-state index in [2.05, 4.69) is 42.3 Å². The van der Waals surface area contributed by atoms with Crippen molar-refractivity contribution < 1.29 is 18.9 Å². The Kier molecular flexibility index (Phi) is 4.58. The molecule has 1 aliphatic rings. The number of hydrogen-bond acceptors (Lipinski definition) is 5. The minimum absolute atomic E-state index is 0.297. The summed E-state index contributed by atoms with van der Waals surface area (Å²) in [5.74, 6) is 2.89. The second-order valence-electron chi connectivity index (χ2n) is 6.56. The predicted octanol–water partition coefficient (Wildman–Crippen LogP) is 2.24. The summed E-state index contributed by atoms with van der Waals surface area (Å²) >= 11 is 0. The lowest BCUT2D eigenvalue weighted by Gasteiger charge is -2.11. The molecule has 0 fully saturated rings. The van der Waals surface area contributed by atoms with Crippen LogP contribution in [0.4, 0.5) is 0 Å². The molecule has 26 heavy (non-hydrogen) atoms. The molecule has 1 atom stereocenters. The highest BCUT2D eigenvalue weighted by atomic mass is 16.7. The van der Waals surface area contributed by atoms with Gasteiger partial charge in [0.25, 0.3) is 5.89 Å². The minimum atomic E-state index is 0.297. The first-order valence-corrected chi connectivity index (χ1v) is 8.83. The Labute approximate surface area is 152 Å². The lowest BCUT2D eigenvalue weighted by molar-refractivity contribution is -0.909. The van der Waals surface area contributed by atoms with Gasteiger partial charge in [-0.2, -0.15) is 4.98 Å². The van der Waals surface area contributed by atoms with Gasteiger partial charge in [0.1, 0.15) is 6.54 Å². The number of aromatic nitrogens is 2. The van der Waals surface area contributed by atoms with E-state index in [9.17, 15) is 0 Å². The number of nitrogens with zero attached hydrogens (tertiary/aromatic N) is 2. The van der Waals surface area contributed by atoms with Crippen molar-refractivity contribution in [3.8, 4) is 22.9 Å². The zero-order valence-corrected chi connectivity index (χ0v) is 15.0. The summed E-state index contributed by atoms with van der Waals surface area (Å²) in [5.41, 5.74) is 3.46. The van der Waals surface area contributed by atoms with Gasteiger partial charge in [-0.05, 0) is 30.2 Å². The van der Waals surface area contributed by atoms with Crippen molar-refractivity contribution >= 4 is 0 Å². The van der Waals surface area contributed by atoms with Gasteiger partial charge in [-0.3, -0.25) is 0 Å². The van der Waals surface area contributed by atoms with Gasteiger partial charge in [0.2, 0.25) is 12.6 Å². The highest BCUT2D eigenvalue weighted by molar-refractivity contribution is 5.54. The van der Waals surface area contributed by atoms with Crippen LogP contribution in [-0.2, 0) is 19.5 Å². The molecule has 2 heterocycles. The molecule has 0 saturated heterocycles. The second-order valence-corrected chi connectivity index (χ2v) is 6.56. The number of aryl methyl sites for hydroxylation is 1. The first kappa shape index (κ1) is 16.6. The summed E-state index contributed by atoms with van der Waals surface area (Å²) in [7, 11) is 2.10. The average Bonchev–Trinajstić information content (AvgIpc) is 3.30. The average molecular weight is 352 g/mol. The summed E-state index contributed by atoms with van der Waals surface area (Å²) in [6.07, 6.45) is 1.02.